The second kappa shape index (κ2) is 7.75. The SMILES string of the molecule is CC(=O)OC1O[C@@H]2CO[C@@H](c3ccc4ccccc4c3)O[C@H]2[C@H](O)[C@H]1N=[N+]=[N-]. The van der Waals surface area contributed by atoms with E-state index in [0.29, 0.717) is 0 Å². The second-order valence-electron chi connectivity index (χ2n) is 6.71. The third-order valence-corrected chi connectivity index (χ3v) is 4.85. The minimum absolute atomic E-state index is 0.125. The van der Waals surface area contributed by atoms with Crippen molar-refractivity contribution in [1.82, 2.24) is 0 Å². The van der Waals surface area contributed by atoms with E-state index in [4.69, 9.17) is 24.5 Å². The highest BCUT2D eigenvalue weighted by Gasteiger charge is 2.50. The van der Waals surface area contributed by atoms with Gasteiger partial charge in [0.2, 0.25) is 6.29 Å². The molecule has 0 aliphatic carbocycles. The van der Waals surface area contributed by atoms with E-state index in [-0.39, 0.29) is 6.61 Å². The lowest BCUT2D eigenvalue weighted by Gasteiger charge is -2.46. The van der Waals surface area contributed by atoms with E-state index in [1.54, 1.807) is 0 Å². The van der Waals surface area contributed by atoms with Crippen LogP contribution in [0.15, 0.2) is 47.6 Å². The Morgan fingerprint density at radius 3 is 2.79 bits per heavy atom. The van der Waals surface area contributed by atoms with Gasteiger partial charge in [-0.1, -0.05) is 41.5 Å². The number of rotatable bonds is 3. The summed E-state index contributed by atoms with van der Waals surface area (Å²) in [4.78, 5) is 14.0. The second-order valence-corrected chi connectivity index (χ2v) is 6.71. The highest BCUT2D eigenvalue weighted by atomic mass is 16.8. The molecule has 2 fully saturated rings. The first-order valence-electron chi connectivity index (χ1n) is 8.87. The maximum absolute atomic E-state index is 11.3. The Kier molecular flexibility index (Phi) is 5.17. The molecule has 9 heteroatoms. The van der Waals surface area contributed by atoms with E-state index in [1.165, 1.54) is 6.92 Å². The molecule has 1 unspecified atom stereocenters. The molecule has 0 saturated carbocycles. The summed E-state index contributed by atoms with van der Waals surface area (Å²) in [7, 11) is 0. The van der Waals surface area contributed by atoms with Crippen molar-refractivity contribution in [2.75, 3.05) is 6.61 Å². The molecule has 0 spiro atoms. The third kappa shape index (κ3) is 3.54. The van der Waals surface area contributed by atoms with Crippen LogP contribution in [0, 0.1) is 0 Å². The first-order valence-corrected chi connectivity index (χ1v) is 8.87. The topological polar surface area (TPSA) is 123 Å². The van der Waals surface area contributed by atoms with Gasteiger partial charge in [0.25, 0.3) is 0 Å². The van der Waals surface area contributed by atoms with Crippen LogP contribution in [0.5, 0.6) is 0 Å². The van der Waals surface area contributed by atoms with Crippen LogP contribution in [0.2, 0.25) is 0 Å². The van der Waals surface area contributed by atoms with Crippen LogP contribution < -0.4 is 0 Å². The zero-order chi connectivity index (χ0) is 19.7. The van der Waals surface area contributed by atoms with Crippen LogP contribution in [-0.4, -0.2) is 48.3 Å². The number of carbonyl (C=O) groups is 1. The van der Waals surface area contributed by atoms with Crippen LogP contribution in [0.4, 0.5) is 0 Å². The molecule has 0 aromatic heterocycles. The van der Waals surface area contributed by atoms with E-state index in [1.807, 2.05) is 42.5 Å². The first kappa shape index (κ1) is 18.7. The van der Waals surface area contributed by atoms with Gasteiger partial charge < -0.3 is 24.1 Å². The average molecular weight is 385 g/mol. The summed E-state index contributed by atoms with van der Waals surface area (Å²) in [5.74, 6) is -0.611. The smallest absolute Gasteiger partial charge is 0.304 e. The Labute approximate surface area is 160 Å². The molecule has 0 amide bonds. The van der Waals surface area contributed by atoms with Gasteiger partial charge in [-0.05, 0) is 22.4 Å². The van der Waals surface area contributed by atoms with E-state index >= 15 is 0 Å². The van der Waals surface area contributed by atoms with Gasteiger partial charge in [0.15, 0.2) is 6.29 Å². The van der Waals surface area contributed by atoms with Gasteiger partial charge in [0.05, 0.1) is 12.7 Å². The van der Waals surface area contributed by atoms with E-state index in [9.17, 15) is 9.90 Å². The Bertz CT molecular complexity index is 931. The van der Waals surface area contributed by atoms with Gasteiger partial charge in [-0.25, -0.2) is 0 Å². The summed E-state index contributed by atoms with van der Waals surface area (Å²) in [6.07, 6.45) is -4.59. The monoisotopic (exact) mass is 385 g/mol. The lowest BCUT2D eigenvalue weighted by Crippen LogP contribution is -2.61. The van der Waals surface area contributed by atoms with Gasteiger partial charge in [-0.3, -0.25) is 4.79 Å². The zero-order valence-electron chi connectivity index (χ0n) is 15.0. The van der Waals surface area contributed by atoms with Crippen molar-refractivity contribution < 1.29 is 28.8 Å². The Hall–Kier alpha value is -2.68. The van der Waals surface area contributed by atoms with Gasteiger partial charge in [-0.15, -0.1) is 0 Å². The summed E-state index contributed by atoms with van der Waals surface area (Å²) >= 11 is 0. The lowest BCUT2D eigenvalue weighted by molar-refractivity contribution is -0.336. The van der Waals surface area contributed by atoms with Gasteiger partial charge >= 0.3 is 5.97 Å². The minimum Gasteiger partial charge on any atom is -0.435 e. The van der Waals surface area contributed by atoms with E-state index in [0.717, 1.165) is 16.3 Å². The summed E-state index contributed by atoms with van der Waals surface area (Å²) in [6, 6.07) is 12.6. The van der Waals surface area contributed by atoms with Crippen molar-refractivity contribution in [2.24, 2.45) is 5.11 Å². The average Bonchev–Trinajstić information content (AvgIpc) is 2.70. The fourth-order valence-corrected chi connectivity index (χ4v) is 3.54. The molecule has 2 saturated heterocycles. The van der Waals surface area contributed by atoms with Crippen molar-refractivity contribution >= 4 is 16.7 Å². The van der Waals surface area contributed by atoms with Crippen molar-refractivity contribution in [2.45, 2.75) is 43.9 Å². The number of azide groups is 1. The highest BCUT2D eigenvalue weighted by Crippen LogP contribution is 2.36. The van der Waals surface area contributed by atoms with Crippen molar-refractivity contribution in [3.05, 3.63) is 58.5 Å². The van der Waals surface area contributed by atoms with Gasteiger partial charge in [0.1, 0.15) is 18.2 Å². The van der Waals surface area contributed by atoms with Crippen LogP contribution in [0.1, 0.15) is 18.8 Å². The number of hydrogen-bond donors (Lipinski definition) is 1. The Morgan fingerprint density at radius 2 is 2.04 bits per heavy atom. The number of fused-ring (bicyclic) bond motifs is 2. The zero-order valence-corrected chi connectivity index (χ0v) is 15.0. The van der Waals surface area contributed by atoms with Crippen LogP contribution in [0.25, 0.3) is 21.2 Å². The molecule has 2 aromatic carbocycles. The fraction of sp³-hybridized carbons (Fsp3) is 0.421. The largest absolute Gasteiger partial charge is 0.435 e. The number of hydrogen-bond acceptors (Lipinski definition) is 7. The molecular formula is C19H19N3O6. The van der Waals surface area contributed by atoms with E-state index < -0.39 is 42.9 Å². The van der Waals surface area contributed by atoms with Crippen molar-refractivity contribution in [1.29, 1.82) is 0 Å². The summed E-state index contributed by atoms with van der Waals surface area (Å²) in [5.41, 5.74) is 9.60. The number of nitrogens with zero attached hydrogens (tertiary/aromatic N) is 3. The summed E-state index contributed by atoms with van der Waals surface area (Å²) in [6.45, 7) is 1.33. The molecule has 9 nitrogen and oxygen atoms in total. The number of esters is 1. The quantitative estimate of drug-likeness (QED) is 0.375. The molecule has 1 N–H and O–H groups in total. The van der Waals surface area contributed by atoms with Crippen LogP contribution >= 0.6 is 0 Å². The Morgan fingerprint density at radius 1 is 1.25 bits per heavy atom. The predicted octanol–water partition coefficient (Wildman–Crippen LogP) is 2.58. The predicted molar refractivity (Wildman–Crippen MR) is 96.9 cm³/mol. The maximum atomic E-state index is 11.3. The van der Waals surface area contributed by atoms with Gasteiger partial charge in [0, 0.05) is 17.4 Å². The number of ether oxygens (including phenoxy) is 4. The number of aliphatic hydroxyl groups excluding tert-OH is 1. The maximum Gasteiger partial charge on any atom is 0.304 e. The first-order chi connectivity index (χ1) is 13.6. The van der Waals surface area contributed by atoms with Crippen LogP contribution in [-0.2, 0) is 23.7 Å². The lowest BCUT2D eigenvalue weighted by atomic mass is 9.96. The third-order valence-electron chi connectivity index (χ3n) is 4.85. The molecule has 28 heavy (non-hydrogen) atoms. The summed E-state index contributed by atoms with van der Waals surface area (Å²) in [5, 5.41) is 16.4. The molecule has 2 heterocycles. The molecule has 0 bridgehead atoms. The van der Waals surface area contributed by atoms with Crippen LogP contribution in [0.3, 0.4) is 0 Å². The van der Waals surface area contributed by atoms with E-state index in [2.05, 4.69) is 10.0 Å². The molecule has 2 aliphatic rings. The number of carbonyl (C=O) groups excluding carboxylic acids is 1. The summed E-state index contributed by atoms with van der Waals surface area (Å²) < 4.78 is 22.4. The minimum atomic E-state index is -1.22. The van der Waals surface area contributed by atoms with Gasteiger partial charge in [-0.2, -0.15) is 0 Å². The van der Waals surface area contributed by atoms with Crippen molar-refractivity contribution in [3.8, 4) is 0 Å². The molecule has 2 aromatic rings. The molecule has 0 radical (unpaired) electrons. The molecular weight excluding hydrogens is 366 g/mol. The fourth-order valence-electron chi connectivity index (χ4n) is 3.54. The number of aliphatic hydroxyl groups is 1. The number of benzene rings is 2. The standard InChI is InChI=1S/C19H19N3O6/c1-10(23)26-19-15(21-22-20)16(24)17-14(27-19)9-25-18(28-17)13-7-6-11-4-2-3-5-12(11)8-13/h2-8,14-19,24H,9H2,1H3/t14-,15-,16-,17-,18-,19?/m1/s1. The Balaban J connectivity index is 1.56. The molecule has 146 valence electrons. The van der Waals surface area contributed by atoms with Crippen molar-refractivity contribution in [3.63, 3.8) is 0 Å². The molecule has 4 rings (SSSR count). The normalized spacial score (nSPS) is 32.2. The molecule has 6 atom stereocenters. The highest BCUT2D eigenvalue weighted by molar-refractivity contribution is 5.83. The molecule has 2 aliphatic heterocycles.